The van der Waals surface area contributed by atoms with Crippen molar-refractivity contribution in [3.63, 3.8) is 0 Å². The first kappa shape index (κ1) is 23.4. The van der Waals surface area contributed by atoms with Crippen molar-refractivity contribution < 1.29 is 9.53 Å². The lowest BCUT2D eigenvalue weighted by atomic mass is 10.1. The van der Waals surface area contributed by atoms with E-state index in [1.165, 1.54) is 11.8 Å². The maximum Gasteiger partial charge on any atom is 0.250 e. The van der Waals surface area contributed by atoms with Gasteiger partial charge in [-0.15, -0.1) is 0 Å². The highest BCUT2D eigenvalue weighted by atomic mass is 79.9. The molecule has 1 amide bonds. The summed E-state index contributed by atoms with van der Waals surface area (Å²) in [5, 5.41) is 13.7. The van der Waals surface area contributed by atoms with Gasteiger partial charge in [0.15, 0.2) is 5.16 Å². The number of amides is 1. The Morgan fingerprint density at radius 1 is 1.22 bits per heavy atom. The van der Waals surface area contributed by atoms with E-state index >= 15 is 0 Å². The van der Waals surface area contributed by atoms with Gasteiger partial charge in [-0.2, -0.15) is 10.4 Å². The third kappa shape index (κ3) is 6.90. The fourth-order valence-corrected chi connectivity index (χ4v) is 3.98. The van der Waals surface area contributed by atoms with Crippen molar-refractivity contribution in [3.05, 3.63) is 81.1 Å². The van der Waals surface area contributed by atoms with Crippen LogP contribution < -0.4 is 10.2 Å². The molecule has 1 heterocycles. The number of hydrogen-bond acceptors (Lipinski definition) is 7. The molecular weight excluding hydrogens is 490 g/mol. The SMILES string of the molecule is Cc1cc(C)nc(SCC(=O)N/N=C\c2ccc(OCc3ccccc3C#N)c(Br)c2)n1. The lowest BCUT2D eigenvalue weighted by Gasteiger charge is -2.10. The van der Waals surface area contributed by atoms with Gasteiger partial charge < -0.3 is 4.74 Å². The van der Waals surface area contributed by atoms with Crippen molar-refractivity contribution in [2.75, 3.05) is 5.75 Å². The molecule has 3 rings (SSSR count). The highest BCUT2D eigenvalue weighted by Gasteiger charge is 2.07. The zero-order valence-electron chi connectivity index (χ0n) is 17.5. The van der Waals surface area contributed by atoms with Crippen LogP contribution in [0.3, 0.4) is 0 Å². The molecule has 3 aromatic rings. The maximum absolute atomic E-state index is 12.0. The normalized spacial score (nSPS) is 10.7. The molecule has 0 radical (unpaired) electrons. The van der Waals surface area contributed by atoms with Crippen LogP contribution in [0.2, 0.25) is 0 Å². The third-order valence-corrected chi connectivity index (χ3v) is 5.64. The Labute approximate surface area is 199 Å². The summed E-state index contributed by atoms with van der Waals surface area (Å²) in [6.07, 6.45) is 1.55. The van der Waals surface area contributed by atoms with Crippen molar-refractivity contribution in [2.45, 2.75) is 25.6 Å². The molecular formula is C23H20BrN5O2S. The topological polar surface area (TPSA) is 100 Å². The second-order valence-corrected chi connectivity index (χ2v) is 8.56. The highest BCUT2D eigenvalue weighted by molar-refractivity contribution is 9.10. The standard InChI is InChI=1S/C23H20BrN5O2S/c1-15-9-16(2)28-23(27-15)32-14-22(30)29-26-12-17-7-8-21(20(24)10-17)31-13-19-6-4-3-5-18(19)11-25/h3-10,12H,13-14H2,1-2H3,(H,29,30)/b26-12-. The van der Waals surface area contributed by atoms with E-state index in [-0.39, 0.29) is 18.3 Å². The number of hydrogen-bond donors (Lipinski definition) is 1. The van der Waals surface area contributed by atoms with Gasteiger partial charge in [-0.3, -0.25) is 4.79 Å². The Morgan fingerprint density at radius 3 is 2.69 bits per heavy atom. The molecule has 7 nitrogen and oxygen atoms in total. The minimum absolute atomic E-state index is 0.168. The van der Waals surface area contributed by atoms with Gasteiger partial charge in [0, 0.05) is 17.0 Å². The molecule has 0 bridgehead atoms. The number of rotatable bonds is 8. The van der Waals surface area contributed by atoms with Gasteiger partial charge >= 0.3 is 0 Å². The summed E-state index contributed by atoms with van der Waals surface area (Å²) in [4.78, 5) is 20.6. The summed E-state index contributed by atoms with van der Waals surface area (Å²) in [6.45, 7) is 4.07. The summed E-state index contributed by atoms with van der Waals surface area (Å²) < 4.78 is 6.57. The molecule has 2 aromatic carbocycles. The smallest absolute Gasteiger partial charge is 0.250 e. The molecule has 32 heavy (non-hydrogen) atoms. The first-order valence-corrected chi connectivity index (χ1v) is 11.4. The van der Waals surface area contributed by atoms with Gasteiger partial charge in [0.2, 0.25) is 0 Å². The monoisotopic (exact) mass is 509 g/mol. The number of hydrazone groups is 1. The Hall–Kier alpha value is -3.22. The molecule has 9 heteroatoms. The molecule has 1 aromatic heterocycles. The van der Waals surface area contributed by atoms with Crippen LogP contribution in [0.4, 0.5) is 0 Å². The van der Waals surface area contributed by atoms with Crippen molar-refractivity contribution in [2.24, 2.45) is 5.10 Å². The molecule has 0 aliphatic heterocycles. The van der Waals surface area contributed by atoms with Crippen LogP contribution in [-0.2, 0) is 11.4 Å². The number of halogens is 1. The molecule has 0 fully saturated rings. The third-order valence-electron chi connectivity index (χ3n) is 4.17. The zero-order chi connectivity index (χ0) is 22.9. The van der Waals surface area contributed by atoms with E-state index in [0.29, 0.717) is 16.5 Å². The second-order valence-electron chi connectivity index (χ2n) is 6.76. The van der Waals surface area contributed by atoms with E-state index < -0.39 is 0 Å². The number of thioether (sulfide) groups is 1. The van der Waals surface area contributed by atoms with Gasteiger partial charge in [-0.05, 0) is 65.7 Å². The summed E-state index contributed by atoms with van der Waals surface area (Å²) in [5.74, 6) is 0.564. The number of benzene rings is 2. The Morgan fingerprint density at radius 2 is 1.97 bits per heavy atom. The average molecular weight is 510 g/mol. The van der Waals surface area contributed by atoms with E-state index in [0.717, 1.165) is 27.0 Å². The maximum atomic E-state index is 12.0. The van der Waals surface area contributed by atoms with Gasteiger partial charge in [-0.25, -0.2) is 15.4 Å². The second kappa shape index (κ2) is 11.4. The van der Waals surface area contributed by atoms with E-state index in [1.807, 2.05) is 50.2 Å². The van der Waals surface area contributed by atoms with Crippen molar-refractivity contribution in [1.29, 1.82) is 5.26 Å². The quantitative estimate of drug-likeness (QED) is 0.207. The minimum atomic E-state index is -0.246. The number of nitriles is 1. The fraction of sp³-hybridized carbons (Fsp3) is 0.174. The fourth-order valence-electron chi connectivity index (χ4n) is 2.72. The first-order chi connectivity index (χ1) is 15.4. The number of ether oxygens (including phenoxy) is 1. The summed E-state index contributed by atoms with van der Waals surface area (Å²) >= 11 is 4.74. The van der Waals surface area contributed by atoms with Crippen LogP contribution in [0.15, 0.2) is 63.3 Å². The molecule has 0 atom stereocenters. The van der Waals surface area contributed by atoms with Gasteiger partial charge in [0.25, 0.3) is 5.91 Å². The number of aryl methyl sites for hydroxylation is 2. The zero-order valence-corrected chi connectivity index (χ0v) is 19.9. The van der Waals surface area contributed by atoms with Crippen LogP contribution in [0.1, 0.15) is 28.1 Å². The lowest BCUT2D eigenvalue weighted by Crippen LogP contribution is -2.19. The van der Waals surface area contributed by atoms with E-state index in [4.69, 9.17) is 4.74 Å². The van der Waals surface area contributed by atoms with Crippen molar-refractivity contribution >= 4 is 39.8 Å². The molecule has 0 spiro atoms. The van der Waals surface area contributed by atoms with Gasteiger partial charge in [-0.1, -0.05) is 30.0 Å². The summed E-state index contributed by atoms with van der Waals surface area (Å²) in [7, 11) is 0. The van der Waals surface area contributed by atoms with Crippen LogP contribution in [-0.4, -0.2) is 27.8 Å². The number of nitrogens with zero attached hydrogens (tertiary/aromatic N) is 4. The summed E-state index contributed by atoms with van der Waals surface area (Å²) in [6, 6.07) is 16.8. The highest BCUT2D eigenvalue weighted by Crippen LogP contribution is 2.26. The lowest BCUT2D eigenvalue weighted by molar-refractivity contribution is -0.118. The average Bonchev–Trinajstić information content (AvgIpc) is 2.77. The predicted octanol–water partition coefficient (Wildman–Crippen LogP) is 4.55. The molecule has 0 unspecified atom stereocenters. The van der Waals surface area contributed by atoms with Crippen LogP contribution in [0.5, 0.6) is 5.75 Å². The molecule has 162 valence electrons. The summed E-state index contributed by atoms with van der Waals surface area (Å²) in [5.41, 5.74) is 6.43. The molecule has 0 aliphatic carbocycles. The predicted molar refractivity (Wildman–Crippen MR) is 128 cm³/mol. The molecule has 0 saturated carbocycles. The number of carbonyl (C=O) groups excluding carboxylic acids is 1. The molecule has 1 N–H and O–H groups in total. The van der Waals surface area contributed by atoms with Crippen molar-refractivity contribution in [1.82, 2.24) is 15.4 Å². The van der Waals surface area contributed by atoms with Crippen molar-refractivity contribution in [3.8, 4) is 11.8 Å². The van der Waals surface area contributed by atoms with E-state index in [1.54, 1.807) is 18.3 Å². The number of carbonyl (C=O) groups is 1. The van der Waals surface area contributed by atoms with Crippen LogP contribution in [0.25, 0.3) is 0 Å². The Kier molecular flexibility index (Phi) is 8.36. The molecule has 0 saturated heterocycles. The number of aromatic nitrogens is 2. The Bertz CT molecular complexity index is 1170. The first-order valence-electron chi connectivity index (χ1n) is 9.62. The Balaban J connectivity index is 1.51. The van der Waals surface area contributed by atoms with Crippen LogP contribution >= 0.6 is 27.7 Å². The minimum Gasteiger partial charge on any atom is -0.488 e. The molecule has 0 aliphatic rings. The number of nitrogens with one attached hydrogen (secondary N) is 1. The van der Waals surface area contributed by atoms with Gasteiger partial charge in [0.1, 0.15) is 12.4 Å². The van der Waals surface area contributed by atoms with E-state index in [9.17, 15) is 10.1 Å². The van der Waals surface area contributed by atoms with E-state index in [2.05, 4.69) is 42.5 Å². The van der Waals surface area contributed by atoms with Gasteiger partial charge in [0.05, 0.1) is 28.1 Å². The van der Waals surface area contributed by atoms with Crippen LogP contribution in [0, 0.1) is 25.2 Å². The largest absolute Gasteiger partial charge is 0.488 e.